The van der Waals surface area contributed by atoms with Crippen LogP contribution in [0.25, 0.3) is 11.0 Å². The molecule has 0 spiro atoms. The van der Waals surface area contributed by atoms with E-state index in [1.807, 2.05) is 29.2 Å². The zero-order chi connectivity index (χ0) is 23.2. The minimum atomic E-state index is -3.84. The average Bonchev–Trinajstić information content (AvgIpc) is 3.47. The number of nitro groups is 1. The van der Waals surface area contributed by atoms with Gasteiger partial charge in [0.05, 0.1) is 21.6 Å². The number of nitrogens with one attached hydrogen (secondary N) is 1. The van der Waals surface area contributed by atoms with Gasteiger partial charge in [-0.3, -0.25) is 14.7 Å². The predicted molar refractivity (Wildman–Crippen MR) is 124 cm³/mol. The smallest absolute Gasteiger partial charge is 0.326 e. The largest absolute Gasteiger partial charge is 0.370 e. The summed E-state index contributed by atoms with van der Waals surface area (Å²) in [5.41, 5.74) is 1.74. The fraction of sp³-hybridized carbons (Fsp3) is 0.409. The monoisotopic (exact) mass is 471 g/mol. The highest BCUT2D eigenvalue weighted by Gasteiger charge is 2.33. The number of piperidine rings is 1. The number of anilines is 1. The number of rotatable bonds is 5. The molecule has 2 fully saturated rings. The summed E-state index contributed by atoms with van der Waals surface area (Å²) in [7, 11) is -3.84. The van der Waals surface area contributed by atoms with Crippen LogP contribution >= 0.6 is 0 Å². The van der Waals surface area contributed by atoms with Crippen LogP contribution in [0.1, 0.15) is 31.7 Å². The van der Waals surface area contributed by atoms with E-state index in [-0.39, 0.29) is 22.3 Å². The molecular weight excluding hydrogens is 446 g/mol. The molecule has 0 bridgehead atoms. The molecule has 1 N–H and O–H groups in total. The second kappa shape index (κ2) is 8.31. The lowest BCUT2D eigenvalue weighted by Crippen LogP contribution is -2.38. The summed E-state index contributed by atoms with van der Waals surface area (Å²) in [6.07, 6.45) is 2.88. The first-order valence-corrected chi connectivity index (χ1v) is 12.5. The van der Waals surface area contributed by atoms with E-state index >= 15 is 0 Å². The number of fused-ring (bicyclic) bond motifs is 1. The molecule has 0 amide bonds. The Labute approximate surface area is 190 Å². The molecule has 5 rings (SSSR count). The van der Waals surface area contributed by atoms with Crippen molar-refractivity contribution in [2.24, 2.45) is 0 Å². The van der Waals surface area contributed by atoms with Crippen LogP contribution in [0.15, 0.2) is 52.2 Å². The topological polar surface area (TPSA) is 122 Å². The summed E-state index contributed by atoms with van der Waals surface area (Å²) in [6, 6.07) is 11.6. The molecule has 2 aliphatic heterocycles. The third-order valence-electron chi connectivity index (χ3n) is 6.63. The lowest BCUT2D eigenvalue weighted by Gasteiger charge is -2.35. The minimum Gasteiger partial charge on any atom is -0.370 e. The number of aromatic amines is 1. The minimum absolute atomic E-state index is 0.0124. The molecule has 10 nitrogen and oxygen atoms in total. The van der Waals surface area contributed by atoms with Gasteiger partial charge in [-0.05, 0) is 43.9 Å². The van der Waals surface area contributed by atoms with Gasteiger partial charge in [0.1, 0.15) is 4.90 Å². The van der Waals surface area contributed by atoms with E-state index in [1.165, 1.54) is 16.4 Å². The van der Waals surface area contributed by atoms with Crippen LogP contribution in [0.5, 0.6) is 0 Å². The number of hydrogen-bond acceptors (Lipinski definition) is 6. The highest BCUT2D eigenvalue weighted by atomic mass is 32.2. The molecule has 11 heteroatoms. The van der Waals surface area contributed by atoms with Crippen LogP contribution in [0.4, 0.5) is 11.4 Å². The van der Waals surface area contributed by atoms with Crippen LogP contribution in [-0.2, 0) is 10.0 Å². The number of imidazole rings is 1. The number of para-hydroxylation sites is 2. The lowest BCUT2D eigenvalue weighted by molar-refractivity contribution is -0.385. The van der Waals surface area contributed by atoms with Crippen molar-refractivity contribution in [2.75, 3.05) is 31.1 Å². The van der Waals surface area contributed by atoms with E-state index < -0.39 is 14.9 Å². The maximum absolute atomic E-state index is 13.3. The first kappa shape index (κ1) is 21.7. The highest BCUT2D eigenvalue weighted by Crippen LogP contribution is 2.36. The Hall–Kier alpha value is -3.18. The molecule has 0 atom stereocenters. The van der Waals surface area contributed by atoms with Crippen molar-refractivity contribution >= 4 is 32.4 Å². The molecule has 0 radical (unpaired) electrons. The van der Waals surface area contributed by atoms with Gasteiger partial charge in [-0.2, -0.15) is 4.31 Å². The van der Waals surface area contributed by atoms with E-state index in [0.29, 0.717) is 44.7 Å². The summed E-state index contributed by atoms with van der Waals surface area (Å²) < 4.78 is 29.9. The number of hydrogen-bond donors (Lipinski definition) is 1. The van der Waals surface area contributed by atoms with Crippen molar-refractivity contribution in [3.05, 3.63) is 63.1 Å². The van der Waals surface area contributed by atoms with Gasteiger partial charge in [0.2, 0.25) is 10.0 Å². The molecule has 3 heterocycles. The third kappa shape index (κ3) is 3.80. The lowest BCUT2D eigenvalue weighted by atomic mass is 10.0. The normalized spacial score (nSPS) is 18.2. The summed E-state index contributed by atoms with van der Waals surface area (Å²) in [4.78, 5) is 28.2. The zero-order valence-electron chi connectivity index (χ0n) is 18.0. The molecule has 2 aromatic carbocycles. The van der Waals surface area contributed by atoms with E-state index in [1.54, 1.807) is 10.6 Å². The maximum Gasteiger partial charge on any atom is 0.326 e. The average molecular weight is 472 g/mol. The second-order valence-corrected chi connectivity index (χ2v) is 10.5. The van der Waals surface area contributed by atoms with Gasteiger partial charge in [0.15, 0.2) is 0 Å². The summed E-state index contributed by atoms with van der Waals surface area (Å²) in [6.45, 7) is 1.93. The van der Waals surface area contributed by atoms with Crippen LogP contribution in [0.2, 0.25) is 0 Å². The molecule has 174 valence electrons. The Kier molecular flexibility index (Phi) is 5.45. The van der Waals surface area contributed by atoms with Crippen molar-refractivity contribution in [1.82, 2.24) is 13.9 Å². The Morgan fingerprint density at radius 1 is 1.00 bits per heavy atom. The summed E-state index contributed by atoms with van der Waals surface area (Å²) >= 11 is 0. The second-order valence-electron chi connectivity index (χ2n) is 8.56. The van der Waals surface area contributed by atoms with Gasteiger partial charge in [-0.15, -0.1) is 0 Å². The third-order valence-corrected chi connectivity index (χ3v) is 8.56. The molecule has 0 unspecified atom stereocenters. The van der Waals surface area contributed by atoms with Crippen LogP contribution in [-0.4, -0.2) is 53.4 Å². The molecule has 33 heavy (non-hydrogen) atoms. The number of aromatic nitrogens is 2. The van der Waals surface area contributed by atoms with Crippen molar-refractivity contribution in [2.45, 2.75) is 36.6 Å². The van der Waals surface area contributed by atoms with Crippen molar-refractivity contribution in [3.8, 4) is 0 Å². The Morgan fingerprint density at radius 3 is 2.39 bits per heavy atom. The quantitative estimate of drug-likeness (QED) is 0.451. The van der Waals surface area contributed by atoms with Gasteiger partial charge in [-0.25, -0.2) is 13.2 Å². The van der Waals surface area contributed by atoms with Crippen molar-refractivity contribution in [3.63, 3.8) is 0 Å². The Bertz CT molecular complexity index is 1370. The first-order valence-electron chi connectivity index (χ1n) is 11.1. The van der Waals surface area contributed by atoms with Gasteiger partial charge in [0.25, 0.3) is 5.69 Å². The molecule has 0 saturated carbocycles. The van der Waals surface area contributed by atoms with Crippen LogP contribution in [0.3, 0.4) is 0 Å². The van der Waals surface area contributed by atoms with Gasteiger partial charge in [-0.1, -0.05) is 12.1 Å². The van der Waals surface area contributed by atoms with Crippen LogP contribution < -0.4 is 10.6 Å². The Balaban J connectivity index is 1.45. The van der Waals surface area contributed by atoms with Gasteiger partial charge in [0, 0.05) is 44.4 Å². The highest BCUT2D eigenvalue weighted by molar-refractivity contribution is 7.89. The molecular formula is C22H25N5O5S. The molecule has 1 aromatic heterocycles. The number of sulfonamides is 1. The number of benzene rings is 2. The number of non-ortho nitro benzene ring substituents is 1. The van der Waals surface area contributed by atoms with Gasteiger partial charge < -0.3 is 9.88 Å². The molecule has 0 aliphatic carbocycles. The first-order chi connectivity index (χ1) is 15.9. The van der Waals surface area contributed by atoms with E-state index in [4.69, 9.17) is 0 Å². The number of nitrogens with zero attached hydrogens (tertiary/aromatic N) is 4. The zero-order valence-corrected chi connectivity index (χ0v) is 18.8. The molecule has 2 saturated heterocycles. The van der Waals surface area contributed by atoms with E-state index in [2.05, 4.69) is 4.98 Å². The predicted octanol–water partition coefficient (Wildman–Crippen LogP) is 2.86. The Morgan fingerprint density at radius 2 is 1.70 bits per heavy atom. The van der Waals surface area contributed by atoms with Gasteiger partial charge >= 0.3 is 5.69 Å². The fourth-order valence-electron chi connectivity index (χ4n) is 4.95. The maximum atomic E-state index is 13.3. The van der Waals surface area contributed by atoms with E-state index in [9.17, 15) is 23.3 Å². The van der Waals surface area contributed by atoms with E-state index in [0.717, 1.165) is 23.9 Å². The molecule has 3 aromatic rings. The number of nitro benzene ring substituents is 1. The molecule has 2 aliphatic rings. The fourth-order valence-corrected chi connectivity index (χ4v) is 6.70. The van der Waals surface area contributed by atoms with Crippen molar-refractivity contribution in [1.29, 1.82) is 0 Å². The summed E-state index contributed by atoms with van der Waals surface area (Å²) in [5.74, 6) is 0. The van der Waals surface area contributed by atoms with Crippen molar-refractivity contribution < 1.29 is 13.3 Å². The standard InChI is InChI=1S/C22H25N5O5S/c28-22-23-18-5-1-2-6-19(18)26(22)16-9-13-24(14-10-16)20-8-7-17(27(29)30)15-21(20)33(31,32)25-11-3-4-12-25/h1-2,5-8,15-16H,3-4,9-14H2,(H,23,28). The number of H-pyrrole nitrogens is 1. The van der Waals surface area contributed by atoms with Crippen LogP contribution in [0, 0.1) is 10.1 Å². The summed E-state index contributed by atoms with van der Waals surface area (Å²) in [5, 5.41) is 11.4. The SMILES string of the molecule is O=c1[nH]c2ccccc2n1C1CCN(c2ccc([N+](=O)[O-])cc2S(=O)(=O)N2CCCC2)CC1.